The van der Waals surface area contributed by atoms with Gasteiger partial charge in [-0.2, -0.15) is 0 Å². The number of thiophene rings is 1. The van der Waals surface area contributed by atoms with Crippen LogP contribution in [-0.4, -0.2) is 0 Å². The quantitative estimate of drug-likeness (QED) is 0.174. The van der Waals surface area contributed by atoms with Gasteiger partial charge in [0.2, 0.25) is 0 Å². The molecule has 9 aromatic carbocycles. The van der Waals surface area contributed by atoms with Crippen LogP contribution < -0.4 is 4.90 Å². The molecule has 0 aliphatic heterocycles. The van der Waals surface area contributed by atoms with Crippen LogP contribution >= 0.6 is 11.3 Å². The maximum Gasteiger partial charge on any atom is 0.143 e. The SMILES string of the molecule is CC1(C)c2ccccc2-c2c1ccc1c2oc2cccc(N(c3cccc(-c4ccccc4)c3)c3ccc4c(-c5cccc6c5sc5ccccc56)cccc4c3)c21. The van der Waals surface area contributed by atoms with Crippen LogP contribution in [-0.2, 0) is 5.41 Å². The highest BCUT2D eigenvalue weighted by Crippen LogP contribution is 2.54. The normalized spacial score (nSPS) is 13.1. The minimum absolute atomic E-state index is 0.113. The molecule has 2 nitrogen and oxygen atoms in total. The lowest BCUT2D eigenvalue weighted by Gasteiger charge is -2.27. The van der Waals surface area contributed by atoms with Crippen LogP contribution in [0.25, 0.3) is 86.3 Å². The first kappa shape index (κ1) is 33.2. The molecule has 58 heavy (non-hydrogen) atoms. The summed E-state index contributed by atoms with van der Waals surface area (Å²) in [6.45, 7) is 4.65. The van der Waals surface area contributed by atoms with Crippen molar-refractivity contribution >= 4 is 81.3 Å². The Labute approximate surface area is 340 Å². The molecule has 0 amide bonds. The topological polar surface area (TPSA) is 16.4 Å². The molecular formula is C55H37NOS. The molecule has 3 heteroatoms. The summed E-state index contributed by atoms with van der Waals surface area (Å²) in [5.74, 6) is 0. The van der Waals surface area contributed by atoms with Gasteiger partial charge in [0, 0.05) is 53.5 Å². The zero-order valence-electron chi connectivity index (χ0n) is 32.2. The van der Waals surface area contributed by atoms with E-state index in [0.717, 1.165) is 39.0 Å². The molecule has 274 valence electrons. The monoisotopic (exact) mass is 759 g/mol. The molecule has 0 saturated carbocycles. The second-order valence-electron chi connectivity index (χ2n) is 16.0. The first-order valence-corrected chi connectivity index (χ1v) is 20.8. The van der Waals surface area contributed by atoms with Gasteiger partial charge in [-0.15, -0.1) is 11.3 Å². The van der Waals surface area contributed by atoms with Crippen LogP contribution in [0.3, 0.4) is 0 Å². The van der Waals surface area contributed by atoms with Crippen LogP contribution in [0.5, 0.6) is 0 Å². The van der Waals surface area contributed by atoms with E-state index in [0.29, 0.717) is 0 Å². The number of anilines is 3. The Hall–Kier alpha value is -6.94. The molecule has 1 aliphatic carbocycles. The summed E-state index contributed by atoms with van der Waals surface area (Å²) in [6, 6.07) is 68.7. The summed E-state index contributed by atoms with van der Waals surface area (Å²) >= 11 is 1.88. The standard InChI is InChI=1S/C55H37NOS/c1-55(2)46-24-8-6-20-44(46)51-47(55)31-30-45-52-48(25-13-26-49(52)57-53(45)51)56(37-18-10-16-35(32-37)34-14-4-3-5-15-34)38-28-29-39-36(33-38)17-11-21-40(39)42-22-12-23-43-41-19-7-9-27-50(41)58-54(42)43/h3-33H,1-2H3. The van der Waals surface area contributed by atoms with Crippen LogP contribution in [0.15, 0.2) is 192 Å². The van der Waals surface area contributed by atoms with Gasteiger partial charge in [-0.25, -0.2) is 0 Å². The van der Waals surface area contributed by atoms with E-state index < -0.39 is 0 Å². The van der Waals surface area contributed by atoms with E-state index in [1.807, 2.05) is 11.3 Å². The molecular weight excluding hydrogens is 723 g/mol. The summed E-state index contributed by atoms with van der Waals surface area (Å²) in [5.41, 5.74) is 15.0. The molecule has 0 bridgehead atoms. The van der Waals surface area contributed by atoms with Crippen LogP contribution in [0.2, 0.25) is 0 Å². The summed E-state index contributed by atoms with van der Waals surface area (Å²) in [5, 5.41) is 7.29. The average molecular weight is 760 g/mol. The van der Waals surface area contributed by atoms with E-state index in [1.165, 1.54) is 75.5 Å². The molecule has 0 saturated heterocycles. The van der Waals surface area contributed by atoms with Crippen molar-refractivity contribution in [2.24, 2.45) is 0 Å². The molecule has 0 spiro atoms. The summed E-state index contributed by atoms with van der Waals surface area (Å²) < 4.78 is 9.62. The number of rotatable bonds is 5. The van der Waals surface area contributed by atoms with Gasteiger partial charge in [-0.3, -0.25) is 0 Å². The fourth-order valence-corrected chi connectivity index (χ4v) is 11.0. The molecule has 2 heterocycles. The average Bonchev–Trinajstić information content (AvgIpc) is 3.92. The third-order valence-electron chi connectivity index (χ3n) is 12.5. The van der Waals surface area contributed by atoms with Crippen molar-refractivity contribution in [2.45, 2.75) is 19.3 Å². The number of fused-ring (bicyclic) bond motifs is 11. The Morgan fingerprint density at radius 2 is 1.19 bits per heavy atom. The first-order valence-electron chi connectivity index (χ1n) is 20.0. The van der Waals surface area contributed by atoms with Crippen molar-refractivity contribution in [3.8, 4) is 33.4 Å². The molecule has 12 rings (SSSR count). The number of hydrogen-bond acceptors (Lipinski definition) is 3. The van der Waals surface area contributed by atoms with Gasteiger partial charge in [0.25, 0.3) is 0 Å². The van der Waals surface area contributed by atoms with Crippen LogP contribution in [0, 0.1) is 0 Å². The highest BCUT2D eigenvalue weighted by molar-refractivity contribution is 7.26. The summed E-state index contributed by atoms with van der Waals surface area (Å²) in [4.78, 5) is 2.42. The van der Waals surface area contributed by atoms with Gasteiger partial charge < -0.3 is 9.32 Å². The number of benzene rings is 9. The maximum absolute atomic E-state index is 6.97. The van der Waals surface area contributed by atoms with Gasteiger partial charge in [0.1, 0.15) is 11.2 Å². The second kappa shape index (κ2) is 12.5. The molecule has 11 aromatic rings. The Morgan fingerprint density at radius 3 is 2.12 bits per heavy atom. The minimum Gasteiger partial charge on any atom is -0.455 e. The molecule has 1 aliphatic rings. The molecule has 0 fully saturated rings. The van der Waals surface area contributed by atoms with Crippen molar-refractivity contribution in [1.82, 2.24) is 0 Å². The predicted molar refractivity (Wildman–Crippen MR) is 247 cm³/mol. The van der Waals surface area contributed by atoms with Crippen molar-refractivity contribution in [2.75, 3.05) is 4.90 Å². The molecule has 0 atom stereocenters. The zero-order chi connectivity index (χ0) is 38.5. The lowest BCUT2D eigenvalue weighted by Crippen LogP contribution is -2.14. The van der Waals surface area contributed by atoms with E-state index >= 15 is 0 Å². The van der Waals surface area contributed by atoms with Gasteiger partial charge in [-0.05, 0) is 86.6 Å². The van der Waals surface area contributed by atoms with E-state index in [1.54, 1.807) is 0 Å². The zero-order valence-corrected chi connectivity index (χ0v) is 33.0. The fraction of sp³-hybridized carbons (Fsp3) is 0.0545. The van der Waals surface area contributed by atoms with E-state index in [9.17, 15) is 0 Å². The number of hydrogen-bond donors (Lipinski definition) is 0. The molecule has 0 unspecified atom stereocenters. The third kappa shape index (κ3) is 4.84. The molecule has 0 radical (unpaired) electrons. The van der Waals surface area contributed by atoms with Crippen molar-refractivity contribution in [1.29, 1.82) is 0 Å². The minimum atomic E-state index is -0.113. The number of furan rings is 1. The Balaban J connectivity index is 1.09. The molecule has 0 N–H and O–H groups in total. The highest BCUT2D eigenvalue weighted by atomic mass is 32.1. The lowest BCUT2D eigenvalue weighted by atomic mass is 9.82. The smallest absolute Gasteiger partial charge is 0.143 e. The van der Waals surface area contributed by atoms with Crippen molar-refractivity contribution in [3.63, 3.8) is 0 Å². The van der Waals surface area contributed by atoms with Gasteiger partial charge >= 0.3 is 0 Å². The van der Waals surface area contributed by atoms with E-state index in [2.05, 4.69) is 207 Å². The summed E-state index contributed by atoms with van der Waals surface area (Å²) in [7, 11) is 0. The second-order valence-corrected chi connectivity index (χ2v) is 17.1. The van der Waals surface area contributed by atoms with Gasteiger partial charge in [0.15, 0.2) is 0 Å². The first-order chi connectivity index (χ1) is 28.5. The maximum atomic E-state index is 6.97. The van der Waals surface area contributed by atoms with Crippen LogP contribution in [0.1, 0.15) is 25.0 Å². The van der Waals surface area contributed by atoms with E-state index in [-0.39, 0.29) is 5.41 Å². The summed E-state index contributed by atoms with van der Waals surface area (Å²) in [6.07, 6.45) is 0. The van der Waals surface area contributed by atoms with Crippen LogP contribution in [0.4, 0.5) is 17.1 Å². The van der Waals surface area contributed by atoms with E-state index in [4.69, 9.17) is 4.42 Å². The largest absolute Gasteiger partial charge is 0.455 e. The van der Waals surface area contributed by atoms with Gasteiger partial charge in [-0.1, -0.05) is 159 Å². The Kier molecular flexibility index (Phi) is 7.18. The van der Waals surface area contributed by atoms with Gasteiger partial charge in [0.05, 0.1) is 11.1 Å². The fourth-order valence-electron chi connectivity index (χ4n) is 9.72. The van der Waals surface area contributed by atoms with Crippen molar-refractivity contribution in [3.05, 3.63) is 199 Å². The van der Waals surface area contributed by atoms with Crippen molar-refractivity contribution < 1.29 is 4.42 Å². The third-order valence-corrected chi connectivity index (χ3v) is 13.7. The predicted octanol–water partition coefficient (Wildman–Crippen LogP) is 16.2. The lowest BCUT2D eigenvalue weighted by molar-refractivity contribution is 0.653. The number of nitrogens with zero attached hydrogens (tertiary/aromatic N) is 1. The highest BCUT2D eigenvalue weighted by Gasteiger charge is 2.37. The Bertz CT molecular complexity index is 3440. The Morgan fingerprint density at radius 1 is 0.483 bits per heavy atom. The molecule has 2 aromatic heterocycles.